The largest absolute Gasteiger partial charge is 0.434 e. The number of rotatable bonds is 9. The molecule has 0 aliphatic heterocycles. The summed E-state index contributed by atoms with van der Waals surface area (Å²) in [6.45, 7) is 3.95. The summed E-state index contributed by atoms with van der Waals surface area (Å²) in [5.41, 5.74) is 0.512. The van der Waals surface area contributed by atoms with E-state index in [1.54, 1.807) is 19.2 Å². The number of hydrogen-bond donors (Lipinski definition) is 1. The first kappa shape index (κ1) is 17.9. The molecule has 1 N–H and O–H groups in total. The van der Waals surface area contributed by atoms with Crippen molar-refractivity contribution in [3.05, 3.63) is 29.8 Å². The van der Waals surface area contributed by atoms with Gasteiger partial charge in [-0.3, -0.25) is 0 Å². The summed E-state index contributed by atoms with van der Waals surface area (Å²) in [6, 6.07) is 6.89. The molecule has 1 aromatic rings. The molecule has 0 saturated carbocycles. The minimum atomic E-state index is -2.82. The van der Waals surface area contributed by atoms with Crippen molar-refractivity contribution in [2.75, 3.05) is 13.7 Å². The Morgan fingerprint density at radius 2 is 1.90 bits per heavy atom. The van der Waals surface area contributed by atoms with Gasteiger partial charge in [-0.05, 0) is 39.3 Å². The third-order valence-electron chi connectivity index (χ3n) is 3.55. The molecule has 1 unspecified atom stereocenters. The highest BCUT2D eigenvalue weighted by Crippen LogP contribution is 2.31. The molecule has 120 valence electrons. The molecule has 1 aromatic carbocycles. The number of ether oxygens (including phenoxy) is 2. The lowest BCUT2D eigenvalue weighted by atomic mass is 9.94. The Morgan fingerprint density at radius 1 is 1.24 bits per heavy atom. The van der Waals surface area contributed by atoms with Crippen LogP contribution in [0.4, 0.5) is 8.78 Å². The average Bonchev–Trinajstić information content (AvgIpc) is 2.44. The van der Waals surface area contributed by atoms with E-state index in [1.807, 2.05) is 32.9 Å². The molecule has 0 bridgehead atoms. The fourth-order valence-corrected chi connectivity index (χ4v) is 2.18. The van der Waals surface area contributed by atoms with Crippen molar-refractivity contribution in [1.29, 1.82) is 0 Å². The normalized spacial score (nSPS) is 13.5. The minimum absolute atomic E-state index is 0.0422. The van der Waals surface area contributed by atoms with E-state index in [9.17, 15) is 8.78 Å². The number of methoxy groups -OCH3 is 1. The van der Waals surface area contributed by atoms with Gasteiger partial charge in [0.15, 0.2) is 0 Å². The summed E-state index contributed by atoms with van der Waals surface area (Å²) >= 11 is 0. The van der Waals surface area contributed by atoms with Crippen LogP contribution in [0.1, 0.15) is 45.2 Å². The Hall–Kier alpha value is -1.20. The summed E-state index contributed by atoms with van der Waals surface area (Å²) in [4.78, 5) is 0. The molecule has 0 heterocycles. The monoisotopic (exact) mass is 301 g/mol. The second-order valence-electron chi connectivity index (χ2n) is 5.53. The maximum Gasteiger partial charge on any atom is 0.387 e. The van der Waals surface area contributed by atoms with E-state index in [0.29, 0.717) is 0 Å². The molecule has 1 atom stereocenters. The van der Waals surface area contributed by atoms with Crippen molar-refractivity contribution in [2.45, 2.75) is 51.9 Å². The van der Waals surface area contributed by atoms with Gasteiger partial charge in [0.1, 0.15) is 5.75 Å². The van der Waals surface area contributed by atoms with Crippen LogP contribution < -0.4 is 10.1 Å². The van der Waals surface area contributed by atoms with Crippen LogP contribution in [0, 0.1) is 0 Å². The molecule has 21 heavy (non-hydrogen) atoms. The molecule has 0 radical (unpaired) electrons. The standard InChI is InChI=1S/C16H25F2NO2/c1-5-19-13(10-11-16(2,3)20-4)12-8-6-7-9-14(12)21-15(17)18/h6-9,13,15,19H,5,10-11H2,1-4H3. The minimum Gasteiger partial charge on any atom is -0.434 e. The molecule has 0 amide bonds. The van der Waals surface area contributed by atoms with Gasteiger partial charge in [-0.2, -0.15) is 8.78 Å². The highest BCUT2D eigenvalue weighted by molar-refractivity contribution is 5.36. The summed E-state index contributed by atoms with van der Waals surface area (Å²) in [7, 11) is 1.68. The number of alkyl halides is 2. The topological polar surface area (TPSA) is 30.5 Å². The third-order valence-corrected chi connectivity index (χ3v) is 3.55. The van der Waals surface area contributed by atoms with E-state index in [4.69, 9.17) is 4.74 Å². The molecule has 0 fully saturated rings. The van der Waals surface area contributed by atoms with E-state index < -0.39 is 6.61 Å². The van der Waals surface area contributed by atoms with E-state index in [2.05, 4.69) is 10.1 Å². The second-order valence-corrected chi connectivity index (χ2v) is 5.53. The van der Waals surface area contributed by atoms with Gasteiger partial charge in [0.25, 0.3) is 0 Å². The number of para-hydroxylation sites is 1. The molecular formula is C16H25F2NO2. The van der Waals surface area contributed by atoms with Gasteiger partial charge in [0.2, 0.25) is 0 Å². The Balaban J connectivity index is 2.89. The maximum atomic E-state index is 12.5. The average molecular weight is 301 g/mol. The SMILES string of the molecule is CCNC(CCC(C)(C)OC)c1ccccc1OC(F)F. The van der Waals surface area contributed by atoms with E-state index in [1.165, 1.54) is 0 Å². The van der Waals surface area contributed by atoms with E-state index >= 15 is 0 Å². The first-order chi connectivity index (χ1) is 9.89. The Morgan fingerprint density at radius 3 is 2.48 bits per heavy atom. The Kier molecular flexibility index (Phi) is 7.05. The third kappa shape index (κ3) is 5.98. The van der Waals surface area contributed by atoms with Crippen LogP contribution >= 0.6 is 0 Å². The van der Waals surface area contributed by atoms with E-state index in [-0.39, 0.29) is 17.4 Å². The van der Waals surface area contributed by atoms with Crippen LogP contribution in [0.25, 0.3) is 0 Å². The van der Waals surface area contributed by atoms with Crippen molar-refractivity contribution in [1.82, 2.24) is 5.32 Å². The Labute approximate surface area is 125 Å². The molecule has 0 aliphatic carbocycles. The zero-order valence-corrected chi connectivity index (χ0v) is 13.2. The van der Waals surface area contributed by atoms with Gasteiger partial charge in [-0.25, -0.2) is 0 Å². The smallest absolute Gasteiger partial charge is 0.387 e. The fraction of sp³-hybridized carbons (Fsp3) is 0.625. The van der Waals surface area contributed by atoms with Crippen molar-refractivity contribution < 1.29 is 18.3 Å². The predicted molar refractivity (Wildman–Crippen MR) is 79.8 cm³/mol. The summed E-state index contributed by atoms with van der Waals surface area (Å²) in [5.74, 6) is 0.230. The van der Waals surface area contributed by atoms with Crippen LogP contribution in [0.5, 0.6) is 5.75 Å². The first-order valence-electron chi connectivity index (χ1n) is 7.22. The molecule has 0 aromatic heterocycles. The number of nitrogens with one attached hydrogen (secondary N) is 1. The fourth-order valence-electron chi connectivity index (χ4n) is 2.18. The van der Waals surface area contributed by atoms with Gasteiger partial charge < -0.3 is 14.8 Å². The van der Waals surface area contributed by atoms with Crippen LogP contribution in [-0.4, -0.2) is 25.9 Å². The van der Waals surface area contributed by atoms with Crippen LogP contribution in [0.2, 0.25) is 0 Å². The van der Waals surface area contributed by atoms with Crippen LogP contribution in [-0.2, 0) is 4.74 Å². The van der Waals surface area contributed by atoms with Gasteiger partial charge in [-0.15, -0.1) is 0 Å². The Bertz CT molecular complexity index is 424. The molecule has 0 aliphatic rings. The van der Waals surface area contributed by atoms with Crippen molar-refractivity contribution in [3.63, 3.8) is 0 Å². The van der Waals surface area contributed by atoms with Crippen LogP contribution in [0.15, 0.2) is 24.3 Å². The molecule has 5 heteroatoms. The summed E-state index contributed by atoms with van der Waals surface area (Å²) in [5, 5.41) is 3.33. The number of benzene rings is 1. The summed E-state index contributed by atoms with van der Waals surface area (Å²) < 4.78 is 35.1. The zero-order valence-electron chi connectivity index (χ0n) is 13.2. The molecule has 0 saturated heterocycles. The first-order valence-corrected chi connectivity index (χ1v) is 7.22. The molecule has 0 spiro atoms. The summed E-state index contributed by atoms with van der Waals surface area (Å²) in [6.07, 6.45) is 1.59. The van der Waals surface area contributed by atoms with E-state index in [0.717, 1.165) is 24.9 Å². The predicted octanol–water partition coefficient (Wildman–Crippen LogP) is 4.14. The lowest BCUT2D eigenvalue weighted by molar-refractivity contribution is -0.0508. The van der Waals surface area contributed by atoms with Gasteiger partial charge in [0, 0.05) is 18.7 Å². The highest BCUT2D eigenvalue weighted by Gasteiger charge is 2.22. The maximum absolute atomic E-state index is 12.5. The molecule has 3 nitrogen and oxygen atoms in total. The zero-order chi connectivity index (χ0) is 15.9. The highest BCUT2D eigenvalue weighted by atomic mass is 19.3. The number of halogens is 2. The molecule has 1 rings (SSSR count). The second kappa shape index (κ2) is 8.29. The van der Waals surface area contributed by atoms with Gasteiger partial charge >= 0.3 is 6.61 Å². The van der Waals surface area contributed by atoms with Crippen LogP contribution in [0.3, 0.4) is 0 Å². The quantitative estimate of drug-likeness (QED) is 0.743. The lowest BCUT2D eigenvalue weighted by Crippen LogP contribution is -2.27. The van der Waals surface area contributed by atoms with Gasteiger partial charge in [-0.1, -0.05) is 25.1 Å². The van der Waals surface area contributed by atoms with Gasteiger partial charge in [0.05, 0.1) is 5.60 Å². The lowest BCUT2D eigenvalue weighted by Gasteiger charge is -2.27. The van der Waals surface area contributed by atoms with Crippen molar-refractivity contribution >= 4 is 0 Å². The van der Waals surface area contributed by atoms with Crippen molar-refractivity contribution in [3.8, 4) is 5.75 Å². The molecular weight excluding hydrogens is 276 g/mol. The van der Waals surface area contributed by atoms with Crippen molar-refractivity contribution in [2.24, 2.45) is 0 Å². The number of hydrogen-bond acceptors (Lipinski definition) is 3.